The first-order valence-electron chi connectivity index (χ1n) is 6.71. The Labute approximate surface area is 109 Å². The fourth-order valence-corrected chi connectivity index (χ4v) is 2.44. The molecule has 18 heavy (non-hydrogen) atoms. The summed E-state index contributed by atoms with van der Waals surface area (Å²) in [5.74, 6) is 1.23. The Balaban J connectivity index is 1.79. The first-order chi connectivity index (χ1) is 8.65. The minimum Gasteiger partial charge on any atom is -0.491 e. The van der Waals surface area contributed by atoms with E-state index in [1.54, 1.807) is 0 Å². The first-order valence-corrected chi connectivity index (χ1v) is 6.71. The van der Waals surface area contributed by atoms with Gasteiger partial charge >= 0.3 is 0 Å². The van der Waals surface area contributed by atoms with E-state index in [0.29, 0.717) is 12.5 Å². The summed E-state index contributed by atoms with van der Waals surface area (Å²) < 4.78 is 5.67. The van der Waals surface area contributed by atoms with Gasteiger partial charge in [0.05, 0.1) is 6.10 Å². The van der Waals surface area contributed by atoms with Gasteiger partial charge in [-0.2, -0.15) is 0 Å². The lowest BCUT2D eigenvalue weighted by molar-refractivity contribution is 0.0298. The van der Waals surface area contributed by atoms with Crippen LogP contribution in [-0.2, 0) is 0 Å². The molecule has 3 nitrogen and oxygen atoms in total. The third kappa shape index (κ3) is 3.72. The van der Waals surface area contributed by atoms with Crippen LogP contribution in [0.4, 0.5) is 0 Å². The van der Waals surface area contributed by atoms with E-state index in [9.17, 15) is 5.11 Å². The lowest BCUT2D eigenvalue weighted by Gasteiger charge is -2.31. The van der Waals surface area contributed by atoms with Crippen molar-refractivity contribution >= 4 is 0 Å². The normalized spacial score (nSPS) is 19.7. The third-order valence-electron chi connectivity index (χ3n) is 3.72. The highest BCUT2D eigenvalue weighted by atomic mass is 16.5. The highest BCUT2D eigenvalue weighted by molar-refractivity contribution is 5.27. The van der Waals surface area contributed by atoms with Crippen LogP contribution in [0, 0.1) is 12.8 Å². The van der Waals surface area contributed by atoms with Crippen molar-refractivity contribution in [2.45, 2.75) is 25.9 Å². The van der Waals surface area contributed by atoms with Crippen molar-refractivity contribution < 1.29 is 9.84 Å². The summed E-state index contributed by atoms with van der Waals surface area (Å²) in [6, 6.07) is 7.96. The maximum Gasteiger partial charge on any atom is 0.119 e. The van der Waals surface area contributed by atoms with Crippen LogP contribution in [0.5, 0.6) is 5.75 Å². The van der Waals surface area contributed by atoms with Gasteiger partial charge in [0.1, 0.15) is 12.4 Å². The van der Waals surface area contributed by atoms with E-state index in [4.69, 9.17) is 4.74 Å². The minimum absolute atomic E-state index is 0.348. The van der Waals surface area contributed by atoms with Crippen LogP contribution in [0.2, 0.25) is 0 Å². The second-order valence-electron chi connectivity index (χ2n) is 5.34. The van der Waals surface area contributed by atoms with Crippen molar-refractivity contribution in [3.8, 4) is 5.75 Å². The van der Waals surface area contributed by atoms with Gasteiger partial charge in [0.15, 0.2) is 0 Å². The second-order valence-corrected chi connectivity index (χ2v) is 5.34. The number of likely N-dealkylation sites (tertiary alicyclic amines) is 1. The summed E-state index contributed by atoms with van der Waals surface area (Å²) in [7, 11) is 2.13. The summed E-state index contributed by atoms with van der Waals surface area (Å²) in [4.78, 5) is 2.31. The molecule has 1 unspecified atom stereocenters. The van der Waals surface area contributed by atoms with E-state index in [1.807, 2.05) is 31.2 Å². The van der Waals surface area contributed by atoms with E-state index in [1.165, 1.54) is 5.56 Å². The Morgan fingerprint density at radius 3 is 2.78 bits per heavy atom. The number of hydrogen-bond acceptors (Lipinski definition) is 3. The smallest absolute Gasteiger partial charge is 0.119 e. The zero-order valence-electron chi connectivity index (χ0n) is 11.3. The number of aliphatic hydroxyl groups excluding tert-OH is 1. The molecule has 0 radical (unpaired) electrons. The van der Waals surface area contributed by atoms with Crippen molar-refractivity contribution in [1.82, 2.24) is 4.90 Å². The van der Waals surface area contributed by atoms with Gasteiger partial charge in [-0.05, 0) is 63.5 Å². The van der Waals surface area contributed by atoms with Gasteiger partial charge in [0.25, 0.3) is 0 Å². The number of aryl methyl sites for hydroxylation is 1. The molecule has 0 aliphatic carbocycles. The van der Waals surface area contributed by atoms with Crippen LogP contribution in [-0.4, -0.2) is 42.9 Å². The first kappa shape index (κ1) is 13.4. The van der Waals surface area contributed by atoms with Crippen molar-refractivity contribution in [2.75, 3.05) is 26.7 Å². The lowest BCUT2D eigenvalue weighted by atomic mass is 9.92. The molecular formula is C15H23NO2. The second kappa shape index (κ2) is 6.21. The van der Waals surface area contributed by atoms with Crippen LogP contribution in [0.3, 0.4) is 0 Å². The van der Waals surface area contributed by atoms with Crippen molar-refractivity contribution in [3.63, 3.8) is 0 Å². The Morgan fingerprint density at radius 2 is 2.11 bits per heavy atom. The maximum absolute atomic E-state index is 10.1. The van der Waals surface area contributed by atoms with Crippen LogP contribution < -0.4 is 4.74 Å². The zero-order chi connectivity index (χ0) is 13.0. The van der Waals surface area contributed by atoms with E-state index in [0.717, 1.165) is 31.7 Å². The number of hydrogen-bond donors (Lipinski definition) is 1. The summed E-state index contributed by atoms with van der Waals surface area (Å²) in [5, 5.41) is 10.1. The highest BCUT2D eigenvalue weighted by Crippen LogP contribution is 2.21. The molecule has 1 aliphatic rings. The molecule has 0 amide bonds. The number of benzene rings is 1. The molecule has 1 atom stereocenters. The average molecular weight is 249 g/mol. The number of piperidine rings is 1. The van der Waals surface area contributed by atoms with Gasteiger partial charge in [0, 0.05) is 0 Å². The molecule has 1 saturated heterocycles. The van der Waals surface area contributed by atoms with Gasteiger partial charge in [-0.25, -0.2) is 0 Å². The fourth-order valence-electron chi connectivity index (χ4n) is 2.44. The molecule has 1 N–H and O–H groups in total. The Morgan fingerprint density at radius 1 is 1.39 bits per heavy atom. The topological polar surface area (TPSA) is 32.7 Å². The van der Waals surface area contributed by atoms with Gasteiger partial charge in [-0.3, -0.25) is 0 Å². The fraction of sp³-hybridized carbons (Fsp3) is 0.600. The quantitative estimate of drug-likeness (QED) is 0.886. The van der Waals surface area contributed by atoms with E-state index in [-0.39, 0.29) is 6.10 Å². The number of aliphatic hydroxyl groups is 1. The summed E-state index contributed by atoms with van der Waals surface area (Å²) in [6.45, 7) is 4.59. The number of rotatable bonds is 4. The molecule has 1 aliphatic heterocycles. The van der Waals surface area contributed by atoms with Crippen LogP contribution in [0.15, 0.2) is 24.3 Å². The Kier molecular flexibility index (Phi) is 4.61. The Hall–Kier alpha value is -1.06. The van der Waals surface area contributed by atoms with Crippen LogP contribution >= 0.6 is 0 Å². The standard InChI is InChI=1S/C15H23NO2/c1-12-4-3-5-14(10-12)18-11-15(17)13-6-8-16(2)9-7-13/h3-5,10,13,15,17H,6-9,11H2,1-2H3. The van der Waals surface area contributed by atoms with E-state index < -0.39 is 0 Å². The number of ether oxygens (including phenoxy) is 1. The predicted octanol–water partition coefficient (Wildman–Crippen LogP) is 2.08. The molecule has 0 bridgehead atoms. The Bertz CT molecular complexity index is 373. The predicted molar refractivity (Wildman–Crippen MR) is 72.9 cm³/mol. The molecule has 1 fully saturated rings. The molecule has 3 heteroatoms. The molecule has 0 spiro atoms. The van der Waals surface area contributed by atoms with Crippen molar-refractivity contribution in [3.05, 3.63) is 29.8 Å². The van der Waals surface area contributed by atoms with Crippen LogP contribution in [0.25, 0.3) is 0 Å². The third-order valence-corrected chi connectivity index (χ3v) is 3.72. The van der Waals surface area contributed by atoms with Gasteiger partial charge in [-0.1, -0.05) is 12.1 Å². The van der Waals surface area contributed by atoms with E-state index >= 15 is 0 Å². The summed E-state index contributed by atoms with van der Waals surface area (Å²) >= 11 is 0. The van der Waals surface area contributed by atoms with Gasteiger partial charge in [0.2, 0.25) is 0 Å². The molecule has 0 saturated carbocycles. The summed E-state index contributed by atoms with van der Waals surface area (Å²) in [6.07, 6.45) is 1.78. The van der Waals surface area contributed by atoms with Gasteiger partial charge < -0.3 is 14.7 Å². The van der Waals surface area contributed by atoms with Crippen molar-refractivity contribution in [1.29, 1.82) is 0 Å². The SMILES string of the molecule is Cc1cccc(OCC(O)C2CCN(C)CC2)c1. The largest absolute Gasteiger partial charge is 0.491 e. The van der Waals surface area contributed by atoms with Gasteiger partial charge in [-0.15, -0.1) is 0 Å². The molecule has 2 rings (SSSR count). The zero-order valence-corrected chi connectivity index (χ0v) is 11.3. The monoisotopic (exact) mass is 249 g/mol. The molecule has 0 aromatic heterocycles. The lowest BCUT2D eigenvalue weighted by Crippen LogP contribution is -2.37. The highest BCUT2D eigenvalue weighted by Gasteiger charge is 2.24. The molecule has 1 aromatic rings. The van der Waals surface area contributed by atoms with E-state index in [2.05, 4.69) is 11.9 Å². The molecule has 1 heterocycles. The maximum atomic E-state index is 10.1. The van der Waals surface area contributed by atoms with Crippen LogP contribution in [0.1, 0.15) is 18.4 Å². The molecule has 1 aromatic carbocycles. The van der Waals surface area contributed by atoms with Crippen molar-refractivity contribution in [2.24, 2.45) is 5.92 Å². The average Bonchev–Trinajstić information content (AvgIpc) is 2.37. The minimum atomic E-state index is -0.348. The molecule has 100 valence electrons. The number of nitrogens with zero attached hydrogens (tertiary/aromatic N) is 1. The molecular weight excluding hydrogens is 226 g/mol. The summed E-state index contributed by atoms with van der Waals surface area (Å²) in [5.41, 5.74) is 1.18.